The Morgan fingerprint density at radius 3 is 2.54 bits per heavy atom. The summed E-state index contributed by atoms with van der Waals surface area (Å²) in [5.74, 6) is 0.679. The van der Waals surface area contributed by atoms with Gasteiger partial charge in [0.25, 0.3) is 5.56 Å². The van der Waals surface area contributed by atoms with Crippen LogP contribution in [-0.2, 0) is 4.74 Å². The van der Waals surface area contributed by atoms with Crippen molar-refractivity contribution in [1.29, 1.82) is 0 Å². The molecule has 2 aromatic carbocycles. The molecule has 0 radical (unpaired) electrons. The highest BCUT2D eigenvalue weighted by Crippen LogP contribution is 2.33. The maximum absolute atomic E-state index is 12.7. The van der Waals surface area contributed by atoms with Crippen molar-refractivity contribution in [2.45, 2.75) is 32.9 Å². The first kappa shape index (κ1) is 29.1. The molecule has 0 spiro atoms. The van der Waals surface area contributed by atoms with E-state index in [4.69, 9.17) is 32.7 Å². The molecule has 0 aliphatic carbocycles. The van der Waals surface area contributed by atoms with Gasteiger partial charge in [0.1, 0.15) is 5.75 Å². The van der Waals surface area contributed by atoms with Gasteiger partial charge in [-0.3, -0.25) is 14.3 Å². The highest BCUT2D eigenvalue weighted by Gasteiger charge is 2.20. The standard InChI is InChI=1S/C29H36Cl2N4O4/c1-4-32(3)29(37)39-21(2)35-26-20-23(12-10-22(26)11-13-27(35)36)38-19-6-5-14-33-15-17-34(18-16-33)25-9-7-8-24(30)28(25)31/h7-13,20-21H,4-6,14-19H2,1-3H3. The summed E-state index contributed by atoms with van der Waals surface area (Å²) in [5, 5.41) is 2.07. The number of unbranched alkanes of at least 4 members (excludes halogenated alkanes) is 1. The number of carbonyl (C=O) groups excluding carboxylic acids is 1. The Kier molecular flexibility index (Phi) is 9.99. The van der Waals surface area contributed by atoms with Gasteiger partial charge in [0.2, 0.25) is 0 Å². The van der Waals surface area contributed by atoms with Crippen LogP contribution in [-0.4, -0.2) is 73.4 Å². The number of carbonyl (C=O) groups is 1. The van der Waals surface area contributed by atoms with Crippen molar-refractivity contribution < 1.29 is 14.3 Å². The number of halogens is 2. The number of fused-ring (bicyclic) bond motifs is 1. The lowest BCUT2D eigenvalue weighted by Crippen LogP contribution is -2.46. The third kappa shape index (κ3) is 7.18. The van der Waals surface area contributed by atoms with E-state index in [-0.39, 0.29) is 5.56 Å². The average Bonchev–Trinajstić information content (AvgIpc) is 2.94. The summed E-state index contributed by atoms with van der Waals surface area (Å²) in [7, 11) is 1.66. The molecule has 1 unspecified atom stereocenters. The Bertz CT molecular complexity index is 1340. The van der Waals surface area contributed by atoms with Gasteiger partial charge in [-0.15, -0.1) is 0 Å². The number of amides is 1. The molecule has 1 amide bonds. The fraction of sp³-hybridized carbons (Fsp3) is 0.448. The molecule has 0 saturated carbocycles. The molecule has 2 heterocycles. The molecule has 10 heteroatoms. The number of nitrogens with zero attached hydrogens (tertiary/aromatic N) is 4. The second-order valence-corrected chi connectivity index (χ2v) is 10.5. The lowest BCUT2D eigenvalue weighted by Gasteiger charge is -2.36. The van der Waals surface area contributed by atoms with Gasteiger partial charge in [0, 0.05) is 51.9 Å². The van der Waals surface area contributed by atoms with Gasteiger partial charge in [-0.25, -0.2) is 4.79 Å². The van der Waals surface area contributed by atoms with Gasteiger partial charge < -0.3 is 19.3 Å². The second kappa shape index (κ2) is 13.4. The topological polar surface area (TPSA) is 67.2 Å². The third-order valence-electron chi connectivity index (χ3n) is 7.11. The van der Waals surface area contributed by atoms with Crippen molar-refractivity contribution in [2.75, 3.05) is 57.8 Å². The van der Waals surface area contributed by atoms with Crippen molar-refractivity contribution in [3.63, 3.8) is 0 Å². The molecule has 4 rings (SSSR count). The minimum absolute atomic E-state index is 0.239. The number of pyridine rings is 1. The van der Waals surface area contributed by atoms with Gasteiger partial charge >= 0.3 is 6.09 Å². The zero-order valence-electron chi connectivity index (χ0n) is 22.7. The molecular formula is C29H36Cl2N4O4. The maximum atomic E-state index is 12.7. The Morgan fingerprint density at radius 1 is 1.05 bits per heavy atom. The zero-order valence-corrected chi connectivity index (χ0v) is 24.2. The first-order chi connectivity index (χ1) is 18.8. The van der Waals surface area contributed by atoms with E-state index in [0.29, 0.717) is 34.5 Å². The molecule has 1 saturated heterocycles. The van der Waals surface area contributed by atoms with Crippen molar-refractivity contribution in [1.82, 2.24) is 14.4 Å². The molecule has 0 bridgehead atoms. The van der Waals surface area contributed by atoms with E-state index in [1.807, 2.05) is 43.3 Å². The van der Waals surface area contributed by atoms with Crippen LogP contribution in [0.2, 0.25) is 10.0 Å². The van der Waals surface area contributed by atoms with Crippen LogP contribution >= 0.6 is 23.2 Å². The van der Waals surface area contributed by atoms with E-state index >= 15 is 0 Å². The van der Waals surface area contributed by atoms with E-state index in [0.717, 1.165) is 56.6 Å². The molecule has 1 aliphatic heterocycles. The number of piperazine rings is 1. The summed E-state index contributed by atoms with van der Waals surface area (Å²) in [4.78, 5) is 31.1. The average molecular weight is 576 g/mol. The molecule has 1 aromatic heterocycles. The number of rotatable bonds is 10. The minimum atomic E-state index is -0.756. The first-order valence-corrected chi connectivity index (χ1v) is 14.1. The fourth-order valence-corrected chi connectivity index (χ4v) is 5.11. The zero-order chi connectivity index (χ0) is 27.9. The van der Waals surface area contributed by atoms with Crippen molar-refractivity contribution >= 4 is 45.9 Å². The normalized spacial score (nSPS) is 14.8. The Morgan fingerprint density at radius 2 is 1.79 bits per heavy atom. The monoisotopic (exact) mass is 574 g/mol. The molecule has 1 atom stereocenters. The Labute approximate surface area is 239 Å². The van der Waals surface area contributed by atoms with Crippen LogP contribution in [0.15, 0.2) is 53.3 Å². The van der Waals surface area contributed by atoms with E-state index in [1.165, 1.54) is 15.5 Å². The molecule has 0 N–H and O–H groups in total. The molecule has 3 aromatic rings. The number of hydrogen-bond donors (Lipinski definition) is 0. The summed E-state index contributed by atoms with van der Waals surface area (Å²) >= 11 is 12.6. The Hall–Kier alpha value is -2.94. The van der Waals surface area contributed by atoms with Crippen LogP contribution in [0.1, 0.15) is 32.9 Å². The number of anilines is 1. The summed E-state index contributed by atoms with van der Waals surface area (Å²) in [5.41, 5.74) is 1.42. The first-order valence-electron chi connectivity index (χ1n) is 13.4. The van der Waals surface area contributed by atoms with Crippen LogP contribution in [0.5, 0.6) is 5.75 Å². The van der Waals surface area contributed by atoms with Gasteiger partial charge in [-0.1, -0.05) is 29.3 Å². The molecule has 39 heavy (non-hydrogen) atoms. The molecule has 1 aliphatic rings. The molecule has 210 valence electrons. The van der Waals surface area contributed by atoms with Crippen LogP contribution < -0.4 is 15.2 Å². The second-order valence-electron chi connectivity index (χ2n) is 9.72. The van der Waals surface area contributed by atoms with Crippen LogP contribution in [0.25, 0.3) is 10.9 Å². The van der Waals surface area contributed by atoms with Crippen LogP contribution in [0.4, 0.5) is 10.5 Å². The number of ether oxygens (including phenoxy) is 2. The van der Waals surface area contributed by atoms with Crippen LogP contribution in [0, 0.1) is 0 Å². The SMILES string of the molecule is CCN(C)C(=O)OC(C)n1c(=O)ccc2ccc(OCCCCN3CCN(c4cccc(Cl)c4Cl)CC3)cc21. The maximum Gasteiger partial charge on any atom is 0.411 e. The van der Waals surface area contributed by atoms with E-state index in [1.54, 1.807) is 20.0 Å². The van der Waals surface area contributed by atoms with Crippen molar-refractivity contribution in [3.8, 4) is 5.75 Å². The minimum Gasteiger partial charge on any atom is -0.494 e. The van der Waals surface area contributed by atoms with Gasteiger partial charge in [-0.2, -0.15) is 0 Å². The predicted molar refractivity (Wildman–Crippen MR) is 158 cm³/mol. The summed E-state index contributed by atoms with van der Waals surface area (Å²) in [6.45, 7) is 9.43. The van der Waals surface area contributed by atoms with Gasteiger partial charge in [0.15, 0.2) is 6.23 Å². The summed E-state index contributed by atoms with van der Waals surface area (Å²) < 4.78 is 13.0. The van der Waals surface area contributed by atoms with E-state index in [2.05, 4.69) is 9.80 Å². The summed E-state index contributed by atoms with van der Waals surface area (Å²) in [6, 6.07) is 14.7. The van der Waals surface area contributed by atoms with Gasteiger partial charge in [0.05, 0.1) is 27.9 Å². The molecular weight excluding hydrogens is 539 g/mol. The van der Waals surface area contributed by atoms with Crippen LogP contribution in [0.3, 0.4) is 0 Å². The quantitative estimate of drug-likeness (QED) is 0.281. The third-order valence-corrected chi connectivity index (χ3v) is 7.92. The lowest BCUT2D eigenvalue weighted by molar-refractivity contribution is 0.0452. The molecule has 1 fully saturated rings. The highest BCUT2D eigenvalue weighted by atomic mass is 35.5. The smallest absolute Gasteiger partial charge is 0.411 e. The van der Waals surface area contributed by atoms with Crippen molar-refractivity contribution in [2.24, 2.45) is 0 Å². The van der Waals surface area contributed by atoms with Gasteiger partial charge in [-0.05, 0) is 69.0 Å². The van der Waals surface area contributed by atoms with E-state index < -0.39 is 12.3 Å². The molecule has 8 nitrogen and oxygen atoms in total. The highest BCUT2D eigenvalue weighted by molar-refractivity contribution is 6.43. The van der Waals surface area contributed by atoms with E-state index in [9.17, 15) is 9.59 Å². The Balaban J connectivity index is 1.27. The predicted octanol–water partition coefficient (Wildman–Crippen LogP) is 5.90. The lowest BCUT2D eigenvalue weighted by atomic mass is 10.2. The number of hydrogen-bond acceptors (Lipinski definition) is 6. The number of benzene rings is 2. The number of aromatic nitrogens is 1. The summed E-state index contributed by atoms with van der Waals surface area (Å²) in [6.07, 6.45) is 0.704. The van der Waals surface area contributed by atoms with Crippen molar-refractivity contribution in [3.05, 3.63) is 68.9 Å². The largest absolute Gasteiger partial charge is 0.494 e. The fourth-order valence-electron chi connectivity index (χ4n) is 4.69.